The van der Waals surface area contributed by atoms with Gasteiger partial charge in [0.05, 0.1) is 18.7 Å². The van der Waals surface area contributed by atoms with Crippen LogP contribution in [0.25, 0.3) is 0 Å². The van der Waals surface area contributed by atoms with Crippen molar-refractivity contribution in [3.8, 4) is 11.8 Å². The largest absolute Gasteiger partial charge is 0.493 e. The third kappa shape index (κ3) is 4.57. The van der Waals surface area contributed by atoms with Gasteiger partial charge in [-0.15, -0.1) is 0 Å². The van der Waals surface area contributed by atoms with Crippen LogP contribution < -0.4 is 10.1 Å². The zero-order valence-corrected chi connectivity index (χ0v) is 12.4. The molecule has 0 fully saturated rings. The zero-order valence-electron chi connectivity index (χ0n) is 12.4. The summed E-state index contributed by atoms with van der Waals surface area (Å²) in [7, 11) is 1.79. The fourth-order valence-electron chi connectivity index (χ4n) is 1.77. The summed E-state index contributed by atoms with van der Waals surface area (Å²) in [4.78, 5) is 0. The van der Waals surface area contributed by atoms with Crippen LogP contribution in [0.3, 0.4) is 0 Å². The fraction of sp³-hybridized carbons (Fsp3) is 0.562. The van der Waals surface area contributed by atoms with Gasteiger partial charge in [-0.25, -0.2) is 0 Å². The highest BCUT2D eigenvalue weighted by Crippen LogP contribution is 2.28. The van der Waals surface area contributed by atoms with Crippen LogP contribution in [-0.4, -0.2) is 19.7 Å². The minimum absolute atomic E-state index is 0.140. The Morgan fingerprint density at radius 2 is 1.95 bits per heavy atom. The lowest BCUT2D eigenvalue weighted by atomic mass is 9.82. The normalized spacial score (nSPS) is 12.8. The fourth-order valence-corrected chi connectivity index (χ4v) is 1.77. The second-order valence-electron chi connectivity index (χ2n) is 5.37. The van der Waals surface area contributed by atoms with Gasteiger partial charge in [-0.05, 0) is 36.6 Å². The molecule has 3 nitrogen and oxygen atoms in total. The highest BCUT2D eigenvalue weighted by molar-refractivity contribution is 5.31. The van der Waals surface area contributed by atoms with Crippen molar-refractivity contribution in [2.24, 2.45) is 0 Å². The molecule has 0 radical (unpaired) electrons. The van der Waals surface area contributed by atoms with Crippen LogP contribution in [-0.2, 0) is 5.41 Å². The number of nitrogens with zero attached hydrogens (tertiary/aromatic N) is 1. The molecular weight excluding hydrogens is 236 g/mol. The molecule has 1 N–H and O–H groups in total. The van der Waals surface area contributed by atoms with Crippen molar-refractivity contribution in [1.82, 2.24) is 5.32 Å². The van der Waals surface area contributed by atoms with Crippen molar-refractivity contribution < 1.29 is 4.74 Å². The molecule has 1 aromatic carbocycles. The van der Waals surface area contributed by atoms with E-state index in [9.17, 15) is 0 Å². The molecule has 104 valence electrons. The maximum absolute atomic E-state index is 8.81. The number of rotatable bonds is 7. The van der Waals surface area contributed by atoms with Gasteiger partial charge in [0, 0.05) is 6.42 Å². The lowest BCUT2D eigenvalue weighted by Gasteiger charge is -2.23. The second kappa shape index (κ2) is 7.16. The Bertz CT molecular complexity index is 417. The van der Waals surface area contributed by atoms with E-state index in [1.807, 2.05) is 12.1 Å². The van der Waals surface area contributed by atoms with E-state index in [4.69, 9.17) is 10.00 Å². The van der Waals surface area contributed by atoms with Crippen LogP contribution in [0.2, 0.25) is 0 Å². The second-order valence-corrected chi connectivity index (χ2v) is 5.37. The molecule has 0 bridgehead atoms. The van der Waals surface area contributed by atoms with E-state index in [1.165, 1.54) is 5.56 Å². The molecule has 0 saturated carbocycles. The van der Waals surface area contributed by atoms with Gasteiger partial charge in [0.1, 0.15) is 5.75 Å². The summed E-state index contributed by atoms with van der Waals surface area (Å²) in [5.74, 6) is 0.864. The quantitative estimate of drug-likeness (QED) is 0.818. The van der Waals surface area contributed by atoms with Gasteiger partial charge in [-0.1, -0.05) is 32.9 Å². The van der Waals surface area contributed by atoms with E-state index >= 15 is 0 Å². The zero-order chi connectivity index (χ0) is 14.3. The van der Waals surface area contributed by atoms with Crippen molar-refractivity contribution in [2.45, 2.75) is 45.1 Å². The Labute approximate surface area is 116 Å². The first-order valence-corrected chi connectivity index (χ1v) is 6.83. The smallest absolute Gasteiger partial charge is 0.119 e. The third-order valence-corrected chi connectivity index (χ3v) is 3.70. The average Bonchev–Trinajstić information content (AvgIpc) is 2.44. The van der Waals surface area contributed by atoms with Gasteiger partial charge in [-0.3, -0.25) is 0 Å². The first kappa shape index (κ1) is 15.5. The average molecular weight is 260 g/mol. The number of hydrogen-bond acceptors (Lipinski definition) is 3. The van der Waals surface area contributed by atoms with Crippen molar-refractivity contribution in [3.05, 3.63) is 29.8 Å². The molecule has 0 aromatic heterocycles. The molecule has 1 aromatic rings. The Hall–Kier alpha value is -1.53. The van der Waals surface area contributed by atoms with Crippen LogP contribution in [0.5, 0.6) is 5.75 Å². The lowest BCUT2D eigenvalue weighted by molar-refractivity contribution is 0.300. The van der Waals surface area contributed by atoms with Gasteiger partial charge in [0.25, 0.3) is 0 Å². The molecule has 0 aliphatic rings. The summed E-state index contributed by atoms with van der Waals surface area (Å²) in [6.07, 6.45) is 1.80. The van der Waals surface area contributed by atoms with Crippen LogP contribution in [0.4, 0.5) is 0 Å². The number of hydrogen-bond donors (Lipinski definition) is 1. The molecule has 0 saturated heterocycles. The highest BCUT2D eigenvalue weighted by Gasteiger charge is 2.17. The molecule has 0 amide bonds. The summed E-state index contributed by atoms with van der Waals surface area (Å²) in [5, 5.41) is 11.7. The highest BCUT2D eigenvalue weighted by atomic mass is 16.5. The topological polar surface area (TPSA) is 45.0 Å². The number of ether oxygens (including phenoxy) is 1. The molecule has 0 spiro atoms. The van der Waals surface area contributed by atoms with Crippen molar-refractivity contribution >= 4 is 0 Å². The summed E-state index contributed by atoms with van der Waals surface area (Å²) in [6, 6.07) is 10.3. The molecule has 1 atom stereocenters. The summed E-state index contributed by atoms with van der Waals surface area (Å²) in [6.45, 7) is 7.24. The number of nitriles is 1. The Morgan fingerprint density at radius 1 is 1.32 bits per heavy atom. The summed E-state index contributed by atoms with van der Waals surface area (Å²) < 4.78 is 5.65. The molecule has 3 heteroatoms. The van der Waals surface area contributed by atoms with Crippen LogP contribution in [0.15, 0.2) is 24.3 Å². The molecule has 0 heterocycles. The van der Waals surface area contributed by atoms with Crippen molar-refractivity contribution in [1.29, 1.82) is 5.26 Å². The van der Waals surface area contributed by atoms with E-state index < -0.39 is 0 Å². The summed E-state index contributed by atoms with van der Waals surface area (Å²) in [5.41, 5.74) is 1.53. The molecular formula is C16H24N2O. The van der Waals surface area contributed by atoms with Gasteiger partial charge in [-0.2, -0.15) is 5.26 Å². The maximum atomic E-state index is 8.81. The van der Waals surface area contributed by atoms with Crippen LogP contribution in [0, 0.1) is 11.3 Å². The van der Waals surface area contributed by atoms with E-state index in [-0.39, 0.29) is 11.5 Å². The first-order chi connectivity index (χ1) is 9.03. The molecule has 0 aliphatic heterocycles. The monoisotopic (exact) mass is 260 g/mol. The third-order valence-electron chi connectivity index (χ3n) is 3.70. The summed E-state index contributed by atoms with van der Waals surface area (Å²) >= 11 is 0. The number of benzene rings is 1. The van der Waals surface area contributed by atoms with Crippen LogP contribution >= 0.6 is 0 Å². The van der Waals surface area contributed by atoms with Crippen molar-refractivity contribution in [3.63, 3.8) is 0 Å². The van der Waals surface area contributed by atoms with E-state index in [0.717, 1.165) is 12.2 Å². The van der Waals surface area contributed by atoms with Gasteiger partial charge in [0.2, 0.25) is 0 Å². The Balaban J connectivity index is 2.52. The Kier molecular flexibility index (Phi) is 5.85. The van der Waals surface area contributed by atoms with Gasteiger partial charge >= 0.3 is 0 Å². The molecule has 1 rings (SSSR count). The van der Waals surface area contributed by atoms with E-state index in [0.29, 0.717) is 13.0 Å². The molecule has 19 heavy (non-hydrogen) atoms. The van der Waals surface area contributed by atoms with Gasteiger partial charge < -0.3 is 10.1 Å². The van der Waals surface area contributed by atoms with Gasteiger partial charge in [0.15, 0.2) is 0 Å². The minimum Gasteiger partial charge on any atom is -0.493 e. The Morgan fingerprint density at radius 3 is 2.42 bits per heavy atom. The lowest BCUT2D eigenvalue weighted by Crippen LogP contribution is -2.25. The predicted molar refractivity (Wildman–Crippen MR) is 78.3 cm³/mol. The molecule has 1 unspecified atom stereocenters. The maximum Gasteiger partial charge on any atom is 0.119 e. The van der Waals surface area contributed by atoms with E-state index in [1.54, 1.807) is 7.05 Å². The SMILES string of the molecule is CCC(C)(C)c1ccc(OCCC(C#N)NC)cc1. The van der Waals surface area contributed by atoms with Crippen molar-refractivity contribution in [2.75, 3.05) is 13.7 Å². The standard InChI is InChI=1S/C16H24N2O/c1-5-16(2,3)13-6-8-15(9-7-13)19-11-10-14(12-17)18-4/h6-9,14,18H,5,10-11H2,1-4H3. The minimum atomic E-state index is -0.140. The number of nitrogens with one attached hydrogen (secondary N) is 1. The first-order valence-electron chi connectivity index (χ1n) is 6.83. The van der Waals surface area contributed by atoms with Crippen LogP contribution in [0.1, 0.15) is 39.2 Å². The molecule has 0 aliphatic carbocycles. The predicted octanol–water partition coefficient (Wildman–Crippen LogP) is 3.25. The van der Waals surface area contributed by atoms with E-state index in [2.05, 4.69) is 44.3 Å².